The first-order valence-electron chi connectivity index (χ1n) is 11.1. The number of nitrogens with zero attached hydrogens (tertiary/aromatic N) is 5. The minimum Gasteiger partial charge on any atom is -0.356 e. The van der Waals surface area contributed by atoms with Crippen molar-refractivity contribution in [2.24, 2.45) is 11.8 Å². The molecule has 1 saturated carbocycles. The van der Waals surface area contributed by atoms with Crippen LogP contribution in [0.3, 0.4) is 0 Å². The Morgan fingerprint density at radius 3 is 2.87 bits per heavy atom. The van der Waals surface area contributed by atoms with E-state index in [0.717, 1.165) is 66.2 Å². The summed E-state index contributed by atoms with van der Waals surface area (Å²) in [6, 6.07) is 4.25. The van der Waals surface area contributed by atoms with Gasteiger partial charge in [0, 0.05) is 25.0 Å². The monoisotopic (exact) mass is 417 g/mol. The number of nitrogens with one attached hydrogen (secondary N) is 2. The predicted octanol–water partition coefficient (Wildman–Crippen LogP) is 2.54. The second kappa shape index (κ2) is 6.93. The van der Waals surface area contributed by atoms with Crippen LogP contribution < -0.4 is 10.2 Å². The van der Waals surface area contributed by atoms with Gasteiger partial charge in [0.2, 0.25) is 0 Å². The lowest BCUT2D eigenvalue weighted by Gasteiger charge is -2.20. The molecule has 3 aromatic rings. The summed E-state index contributed by atoms with van der Waals surface area (Å²) in [6.07, 6.45) is 6.69. The van der Waals surface area contributed by atoms with Crippen LogP contribution in [0, 0.1) is 25.7 Å². The molecule has 1 saturated heterocycles. The minimum absolute atomic E-state index is 0.0114. The van der Waals surface area contributed by atoms with Gasteiger partial charge in [-0.05, 0) is 62.1 Å². The molecule has 3 aliphatic rings. The third-order valence-corrected chi connectivity index (χ3v) is 7.15. The number of rotatable bonds is 5. The van der Waals surface area contributed by atoms with Crippen molar-refractivity contribution in [3.05, 3.63) is 58.3 Å². The van der Waals surface area contributed by atoms with Gasteiger partial charge in [-0.1, -0.05) is 6.07 Å². The first kappa shape index (κ1) is 18.6. The van der Waals surface area contributed by atoms with Crippen LogP contribution in [0.4, 0.5) is 5.82 Å². The van der Waals surface area contributed by atoms with Gasteiger partial charge >= 0.3 is 0 Å². The first-order valence-corrected chi connectivity index (χ1v) is 11.1. The van der Waals surface area contributed by atoms with E-state index in [1.807, 2.05) is 17.8 Å². The maximum atomic E-state index is 12.8. The highest BCUT2D eigenvalue weighted by molar-refractivity contribution is 5.94. The lowest BCUT2D eigenvalue weighted by Crippen LogP contribution is -2.27. The lowest BCUT2D eigenvalue weighted by molar-refractivity contribution is 0.0936. The van der Waals surface area contributed by atoms with Gasteiger partial charge in [0.1, 0.15) is 5.82 Å². The molecule has 2 N–H and O–H groups in total. The molecule has 3 aromatic heterocycles. The minimum atomic E-state index is -0.103. The molecule has 4 heterocycles. The average molecular weight is 418 g/mol. The zero-order chi connectivity index (χ0) is 21.1. The van der Waals surface area contributed by atoms with Crippen LogP contribution in [0.1, 0.15) is 57.5 Å². The van der Waals surface area contributed by atoms with E-state index in [1.54, 1.807) is 6.20 Å². The Kier molecular flexibility index (Phi) is 4.16. The van der Waals surface area contributed by atoms with Gasteiger partial charge in [-0.3, -0.25) is 14.6 Å². The third-order valence-electron chi connectivity index (χ3n) is 7.15. The van der Waals surface area contributed by atoms with Gasteiger partial charge in [-0.25, -0.2) is 4.98 Å². The summed E-state index contributed by atoms with van der Waals surface area (Å²) in [7, 11) is 0. The van der Waals surface area contributed by atoms with E-state index in [0.29, 0.717) is 12.1 Å². The number of H-pyrrole nitrogens is 1. The van der Waals surface area contributed by atoms with E-state index in [4.69, 9.17) is 4.98 Å². The Morgan fingerprint density at radius 2 is 2.06 bits per heavy atom. The maximum absolute atomic E-state index is 12.8. The number of hydrogen-bond acceptors (Lipinski definition) is 5. The highest BCUT2D eigenvalue weighted by Crippen LogP contribution is 2.46. The highest BCUT2D eigenvalue weighted by Gasteiger charge is 2.45. The van der Waals surface area contributed by atoms with Crippen LogP contribution in [-0.2, 0) is 13.0 Å². The number of fused-ring (bicyclic) bond motifs is 2. The molecular formula is C23H27N7O. The van der Waals surface area contributed by atoms with Crippen molar-refractivity contribution in [3.63, 3.8) is 0 Å². The first-order chi connectivity index (χ1) is 15.0. The molecule has 3 atom stereocenters. The summed E-state index contributed by atoms with van der Waals surface area (Å²) in [5.74, 6) is 2.76. The van der Waals surface area contributed by atoms with E-state index in [9.17, 15) is 4.79 Å². The summed E-state index contributed by atoms with van der Waals surface area (Å²) >= 11 is 0. The molecule has 8 nitrogen and oxygen atoms in total. The van der Waals surface area contributed by atoms with E-state index in [1.165, 1.54) is 12.0 Å². The molecule has 0 bridgehead atoms. The molecule has 0 spiro atoms. The standard InChI is InChI=1S/C23H27N7O/c1-13-15(3-6-21(25-13)29-9-16-7-17(16)10-29)11-30-12-18(8-24-30)23(31)26-20-5-4-19-14(2)27-28-22(19)20/h3,6,8,12,16-17,20H,4-5,7,9-11H2,1-2H3,(H,26,31)(H,27,28)/t16?,17?,20-/m1/s1. The van der Waals surface area contributed by atoms with Crippen molar-refractivity contribution in [2.75, 3.05) is 18.0 Å². The largest absolute Gasteiger partial charge is 0.356 e. The van der Waals surface area contributed by atoms with Crippen LogP contribution in [0.2, 0.25) is 0 Å². The van der Waals surface area contributed by atoms with E-state index in [2.05, 4.69) is 44.6 Å². The summed E-state index contributed by atoms with van der Waals surface area (Å²) < 4.78 is 1.81. The number of piperidine rings is 1. The molecule has 0 radical (unpaired) electrons. The molecule has 2 aliphatic carbocycles. The fraction of sp³-hybridized carbons (Fsp3) is 0.478. The molecular weight excluding hydrogens is 390 g/mol. The van der Waals surface area contributed by atoms with Crippen LogP contribution in [0.5, 0.6) is 0 Å². The molecule has 6 rings (SSSR count). The Bertz CT molecular complexity index is 1150. The van der Waals surface area contributed by atoms with Gasteiger partial charge in [0.05, 0.1) is 35.7 Å². The van der Waals surface area contributed by atoms with Gasteiger partial charge < -0.3 is 10.2 Å². The van der Waals surface area contributed by atoms with Crippen LogP contribution in [0.25, 0.3) is 0 Å². The van der Waals surface area contributed by atoms with Gasteiger partial charge in [-0.2, -0.15) is 10.2 Å². The number of anilines is 1. The van der Waals surface area contributed by atoms with Gasteiger partial charge in [0.25, 0.3) is 5.91 Å². The van der Waals surface area contributed by atoms with Crippen LogP contribution >= 0.6 is 0 Å². The fourth-order valence-corrected chi connectivity index (χ4v) is 5.14. The molecule has 1 aliphatic heterocycles. The Balaban J connectivity index is 1.12. The van der Waals surface area contributed by atoms with E-state index in [-0.39, 0.29) is 11.9 Å². The smallest absolute Gasteiger partial charge is 0.255 e. The number of carbonyl (C=O) groups excluding carboxylic acids is 1. The molecule has 1 amide bonds. The molecule has 31 heavy (non-hydrogen) atoms. The molecule has 160 valence electrons. The van der Waals surface area contributed by atoms with Crippen molar-refractivity contribution in [2.45, 2.75) is 45.7 Å². The lowest BCUT2D eigenvalue weighted by atomic mass is 10.2. The SMILES string of the molecule is Cc1nc(N2CC3CC3C2)ccc1Cn1cc(C(=O)N[C@@H]2CCc3c(C)n[nH]c32)cn1. The normalized spacial score (nSPS) is 23.7. The fourth-order valence-electron chi connectivity index (χ4n) is 5.14. The summed E-state index contributed by atoms with van der Waals surface area (Å²) in [4.78, 5) is 20.0. The van der Waals surface area contributed by atoms with Crippen molar-refractivity contribution in [1.82, 2.24) is 30.3 Å². The van der Waals surface area contributed by atoms with Crippen molar-refractivity contribution in [3.8, 4) is 0 Å². The number of pyridine rings is 1. The Labute approximate surface area is 181 Å². The summed E-state index contributed by atoms with van der Waals surface area (Å²) in [5.41, 5.74) is 6.01. The zero-order valence-electron chi connectivity index (χ0n) is 17.9. The number of aromatic nitrogens is 5. The van der Waals surface area contributed by atoms with E-state index < -0.39 is 0 Å². The van der Waals surface area contributed by atoms with Crippen molar-refractivity contribution < 1.29 is 4.79 Å². The quantitative estimate of drug-likeness (QED) is 0.666. The summed E-state index contributed by atoms with van der Waals surface area (Å²) in [6.45, 7) is 6.95. The number of aryl methyl sites for hydroxylation is 2. The van der Waals surface area contributed by atoms with E-state index >= 15 is 0 Å². The summed E-state index contributed by atoms with van der Waals surface area (Å²) in [5, 5.41) is 14.9. The number of carbonyl (C=O) groups is 1. The average Bonchev–Trinajstić information content (AvgIpc) is 3.22. The van der Waals surface area contributed by atoms with Crippen molar-refractivity contribution in [1.29, 1.82) is 0 Å². The van der Waals surface area contributed by atoms with Crippen LogP contribution in [0.15, 0.2) is 24.5 Å². The molecule has 2 unspecified atom stereocenters. The highest BCUT2D eigenvalue weighted by atomic mass is 16.1. The predicted molar refractivity (Wildman–Crippen MR) is 116 cm³/mol. The molecule has 2 fully saturated rings. The molecule has 0 aromatic carbocycles. The van der Waals surface area contributed by atoms with Crippen LogP contribution in [-0.4, -0.2) is 44.0 Å². The third kappa shape index (κ3) is 3.30. The maximum Gasteiger partial charge on any atom is 0.255 e. The van der Waals surface area contributed by atoms with Gasteiger partial charge in [0.15, 0.2) is 0 Å². The Hall–Kier alpha value is -3.16. The second-order valence-corrected chi connectivity index (χ2v) is 9.27. The number of hydrogen-bond donors (Lipinski definition) is 2. The second-order valence-electron chi connectivity index (χ2n) is 9.27. The number of amides is 1. The molecule has 8 heteroatoms. The van der Waals surface area contributed by atoms with Gasteiger partial charge in [-0.15, -0.1) is 0 Å². The van der Waals surface area contributed by atoms with Crippen molar-refractivity contribution >= 4 is 11.7 Å². The Morgan fingerprint density at radius 1 is 1.23 bits per heavy atom. The zero-order valence-corrected chi connectivity index (χ0v) is 17.9. The number of aromatic amines is 1. The topological polar surface area (TPSA) is 91.7 Å².